The SMILES string of the molecule is C=CC(=O)NCC(=C)N1CCN(C(=O)C23CC4CC(CC(C)(C4)C2)C3)CC1. The number of carbonyl (C=O) groups excluding carboxylic acids is 2. The number of hydrogen-bond donors (Lipinski definition) is 1. The van der Waals surface area contributed by atoms with Crippen molar-refractivity contribution in [2.45, 2.75) is 45.4 Å². The van der Waals surface area contributed by atoms with E-state index in [9.17, 15) is 9.59 Å². The molecule has 4 saturated carbocycles. The van der Waals surface area contributed by atoms with Crippen LogP contribution in [0.15, 0.2) is 24.9 Å². The molecule has 1 aliphatic heterocycles. The van der Waals surface area contributed by atoms with E-state index in [-0.39, 0.29) is 11.3 Å². The van der Waals surface area contributed by atoms with Gasteiger partial charge in [0.15, 0.2) is 0 Å². The Morgan fingerprint density at radius 1 is 1.07 bits per heavy atom. The molecule has 27 heavy (non-hydrogen) atoms. The highest BCUT2D eigenvalue weighted by molar-refractivity contribution is 5.87. The van der Waals surface area contributed by atoms with Gasteiger partial charge in [-0.05, 0) is 61.9 Å². The van der Waals surface area contributed by atoms with Crippen LogP contribution in [0.25, 0.3) is 0 Å². The number of piperazine rings is 1. The minimum Gasteiger partial charge on any atom is -0.370 e. The van der Waals surface area contributed by atoms with Crippen LogP contribution in [0.5, 0.6) is 0 Å². The lowest BCUT2D eigenvalue weighted by molar-refractivity contribution is -0.167. The van der Waals surface area contributed by atoms with E-state index in [1.54, 1.807) is 0 Å². The zero-order chi connectivity index (χ0) is 19.2. The lowest BCUT2D eigenvalue weighted by Crippen LogP contribution is -2.60. The molecule has 5 fully saturated rings. The Labute approximate surface area is 162 Å². The fourth-order valence-electron chi connectivity index (χ4n) is 6.90. The molecule has 5 heteroatoms. The van der Waals surface area contributed by atoms with Crippen molar-refractivity contribution in [1.82, 2.24) is 15.1 Å². The Hall–Kier alpha value is -1.78. The van der Waals surface area contributed by atoms with Crippen molar-refractivity contribution in [1.29, 1.82) is 0 Å². The van der Waals surface area contributed by atoms with Crippen molar-refractivity contribution in [2.75, 3.05) is 32.7 Å². The van der Waals surface area contributed by atoms with Gasteiger partial charge in [-0.15, -0.1) is 0 Å². The van der Waals surface area contributed by atoms with E-state index in [0.29, 0.717) is 17.9 Å². The average molecular weight is 372 g/mol. The normalized spacial score (nSPS) is 37.2. The summed E-state index contributed by atoms with van der Waals surface area (Å²) in [7, 11) is 0. The maximum absolute atomic E-state index is 13.5. The Kier molecular flexibility index (Phi) is 4.59. The van der Waals surface area contributed by atoms with Crippen LogP contribution < -0.4 is 5.32 Å². The van der Waals surface area contributed by atoms with Crippen molar-refractivity contribution in [2.24, 2.45) is 22.7 Å². The number of nitrogens with one attached hydrogen (secondary N) is 1. The molecule has 0 aromatic heterocycles. The predicted octanol–water partition coefficient (Wildman–Crippen LogP) is 2.55. The number of rotatable bonds is 5. The van der Waals surface area contributed by atoms with E-state index in [2.05, 4.69) is 35.2 Å². The number of nitrogens with zero attached hydrogens (tertiary/aromatic N) is 2. The third-order valence-electron chi connectivity index (χ3n) is 7.47. The molecular weight excluding hydrogens is 338 g/mol. The summed E-state index contributed by atoms with van der Waals surface area (Å²) in [5.74, 6) is 1.79. The summed E-state index contributed by atoms with van der Waals surface area (Å²) in [6, 6.07) is 0. The van der Waals surface area contributed by atoms with Crippen molar-refractivity contribution in [3.63, 3.8) is 0 Å². The zero-order valence-electron chi connectivity index (χ0n) is 16.6. The van der Waals surface area contributed by atoms with Crippen LogP contribution in [0.3, 0.4) is 0 Å². The van der Waals surface area contributed by atoms with Crippen LogP contribution >= 0.6 is 0 Å². The first kappa shape index (κ1) is 18.6. The van der Waals surface area contributed by atoms with Gasteiger partial charge in [0, 0.05) is 31.9 Å². The molecule has 5 nitrogen and oxygen atoms in total. The third-order valence-corrected chi connectivity index (χ3v) is 7.47. The van der Waals surface area contributed by atoms with E-state index in [1.165, 1.54) is 25.3 Å². The first-order valence-electron chi connectivity index (χ1n) is 10.4. The average Bonchev–Trinajstić information content (AvgIpc) is 2.63. The van der Waals surface area contributed by atoms with Crippen LogP contribution in [0.4, 0.5) is 0 Å². The summed E-state index contributed by atoms with van der Waals surface area (Å²) in [5, 5.41) is 2.78. The van der Waals surface area contributed by atoms with Crippen molar-refractivity contribution in [3.05, 3.63) is 24.9 Å². The van der Waals surface area contributed by atoms with E-state index in [4.69, 9.17) is 0 Å². The molecule has 0 radical (unpaired) electrons. The second kappa shape index (κ2) is 6.68. The van der Waals surface area contributed by atoms with Crippen LogP contribution in [0.2, 0.25) is 0 Å². The minimum absolute atomic E-state index is 0.0735. The van der Waals surface area contributed by atoms with E-state index in [1.807, 2.05) is 0 Å². The molecule has 1 heterocycles. The highest BCUT2D eigenvalue weighted by Gasteiger charge is 2.59. The molecule has 5 aliphatic rings. The highest BCUT2D eigenvalue weighted by atomic mass is 16.2. The molecule has 0 spiro atoms. The molecule has 1 saturated heterocycles. The van der Waals surface area contributed by atoms with E-state index >= 15 is 0 Å². The second-order valence-electron chi connectivity index (χ2n) is 9.82. The van der Waals surface area contributed by atoms with Gasteiger partial charge in [0.05, 0.1) is 12.0 Å². The summed E-state index contributed by atoms with van der Waals surface area (Å²) in [6.45, 7) is 13.5. The molecule has 2 amide bonds. The quantitative estimate of drug-likeness (QED) is 0.756. The van der Waals surface area contributed by atoms with Gasteiger partial charge in [0.1, 0.15) is 0 Å². The van der Waals surface area contributed by atoms with Crippen LogP contribution in [0, 0.1) is 22.7 Å². The first-order valence-corrected chi connectivity index (χ1v) is 10.4. The third kappa shape index (κ3) is 3.41. The monoisotopic (exact) mass is 371 g/mol. The molecule has 4 aliphatic carbocycles. The Morgan fingerprint density at radius 2 is 1.67 bits per heavy atom. The maximum atomic E-state index is 13.5. The van der Waals surface area contributed by atoms with Gasteiger partial charge in [-0.3, -0.25) is 9.59 Å². The number of carbonyl (C=O) groups is 2. The molecule has 5 rings (SSSR count). The molecule has 2 unspecified atom stereocenters. The van der Waals surface area contributed by atoms with Gasteiger partial charge in [0.25, 0.3) is 0 Å². The Balaban J connectivity index is 1.35. The fraction of sp³-hybridized carbons (Fsp3) is 0.727. The van der Waals surface area contributed by atoms with Gasteiger partial charge in [-0.25, -0.2) is 0 Å². The van der Waals surface area contributed by atoms with E-state index in [0.717, 1.165) is 63.0 Å². The molecule has 2 atom stereocenters. The second-order valence-corrected chi connectivity index (χ2v) is 9.82. The largest absolute Gasteiger partial charge is 0.370 e. The molecule has 0 aromatic rings. The smallest absolute Gasteiger partial charge is 0.243 e. The predicted molar refractivity (Wildman–Crippen MR) is 106 cm³/mol. The standard InChI is InChI=1S/C22H33N3O2/c1-4-19(26)23-14-16(2)24-5-7-25(8-6-24)20(27)22-12-17-9-18(13-22)11-21(3,10-17)15-22/h4,17-18H,1-2,5-15H2,3H3,(H,23,26). The molecule has 0 aromatic carbocycles. The molecule has 1 N–H and O–H groups in total. The maximum Gasteiger partial charge on any atom is 0.243 e. The van der Waals surface area contributed by atoms with Gasteiger partial charge in [-0.2, -0.15) is 0 Å². The summed E-state index contributed by atoms with van der Waals surface area (Å²) >= 11 is 0. The van der Waals surface area contributed by atoms with Gasteiger partial charge in [0.2, 0.25) is 11.8 Å². The van der Waals surface area contributed by atoms with Crippen LogP contribution in [0.1, 0.15) is 45.4 Å². The minimum atomic E-state index is -0.180. The number of hydrogen-bond acceptors (Lipinski definition) is 3. The topological polar surface area (TPSA) is 52.7 Å². The summed E-state index contributed by atoms with van der Waals surface area (Å²) < 4.78 is 0. The highest BCUT2D eigenvalue weighted by Crippen LogP contribution is 2.65. The fourth-order valence-corrected chi connectivity index (χ4v) is 6.90. The van der Waals surface area contributed by atoms with Crippen molar-refractivity contribution in [3.8, 4) is 0 Å². The molecule has 148 valence electrons. The Morgan fingerprint density at radius 3 is 2.22 bits per heavy atom. The first-order chi connectivity index (χ1) is 12.8. The van der Waals surface area contributed by atoms with Crippen molar-refractivity contribution >= 4 is 11.8 Å². The lowest BCUT2D eigenvalue weighted by Gasteiger charge is -2.61. The number of amides is 2. The summed E-state index contributed by atoms with van der Waals surface area (Å²) in [4.78, 5) is 29.2. The van der Waals surface area contributed by atoms with Crippen molar-refractivity contribution < 1.29 is 9.59 Å². The van der Waals surface area contributed by atoms with Crippen LogP contribution in [-0.4, -0.2) is 54.3 Å². The lowest BCUT2D eigenvalue weighted by atomic mass is 9.44. The van der Waals surface area contributed by atoms with Gasteiger partial charge in [-0.1, -0.05) is 20.1 Å². The zero-order valence-corrected chi connectivity index (χ0v) is 16.6. The summed E-state index contributed by atoms with van der Waals surface area (Å²) in [6.07, 6.45) is 8.65. The molecular formula is C22H33N3O2. The van der Waals surface area contributed by atoms with Gasteiger partial charge < -0.3 is 15.1 Å². The Bertz CT molecular complexity index is 648. The van der Waals surface area contributed by atoms with E-state index < -0.39 is 0 Å². The molecule has 4 bridgehead atoms. The van der Waals surface area contributed by atoms with Gasteiger partial charge >= 0.3 is 0 Å². The summed E-state index contributed by atoms with van der Waals surface area (Å²) in [5.41, 5.74) is 1.23. The van der Waals surface area contributed by atoms with Crippen LogP contribution in [-0.2, 0) is 9.59 Å².